The van der Waals surface area contributed by atoms with Crippen LogP contribution in [0, 0.1) is 0 Å². The summed E-state index contributed by atoms with van der Waals surface area (Å²) in [7, 11) is -3.80. The Balaban J connectivity index is 1.79. The molecule has 0 unspecified atom stereocenters. The molecule has 0 saturated heterocycles. The van der Waals surface area contributed by atoms with Crippen LogP contribution in [0.3, 0.4) is 0 Å². The molecule has 0 radical (unpaired) electrons. The Morgan fingerprint density at radius 1 is 1.12 bits per heavy atom. The van der Waals surface area contributed by atoms with Crippen LogP contribution in [0.15, 0.2) is 47.4 Å². The molecule has 0 aliphatic carbocycles. The van der Waals surface area contributed by atoms with Crippen molar-refractivity contribution in [2.45, 2.75) is 11.8 Å². The Kier molecular flexibility index (Phi) is 4.32. The number of ether oxygens (including phenoxy) is 1. The lowest BCUT2D eigenvalue weighted by atomic mass is 10.2. The monoisotopic (exact) mass is 361 g/mol. The first-order chi connectivity index (χ1) is 11.8. The van der Waals surface area contributed by atoms with Crippen LogP contribution >= 0.6 is 0 Å². The fourth-order valence-electron chi connectivity index (χ4n) is 2.27. The quantitative estimate of drug-likeness (QED) is 0.768. The van der Waals surface area contributed by atoms with Gasteiger partial charge in [-0.15, -0.1) is 0 Å². The van der Waals surface area contributed by atoms with E-state index in [9.17, 15) is 18.0 Å². The molecule has 0 bridgehead atoms. The Morgan fingerprint density at radius 2 is 1.80 bits per heavy atom. The molecule has 0 saturated carbocycles. The number of hydrogen-bond donors (Lipinski definition) is 3. The molecule has 0 spiro atoms. The number of fused-ring (bicyclic) bond motifs is 1. The van der Waals surface area contributed by atoms with E-state index < -0.39 is 10.0 Å². The molecule has 3 rings (SSSR count). The van der Waals surface area contributed by atoms with E-state index in [1.807, 2.05) is 0 Å². The molecule has 1 aliphatic heterocycles. The van der Waals surface area contributed by atoms with E-state index >= 15 is 0 Å². The number of amides is 2. The van der Waals surface area contributed by atoms with Gasteiger partial charge in [-0.25, -0.2) is 8.42 Å². The van der Waals surface area contributed by atoms with Crippen molar-refractivity contribution in [1.82, 2.24) is 0 Å². The van der Waals surface area contributed by atoms with Gasteiger partial charge in [0.15, 0.2) is 6.61 Å². The summed E-state index contributed by atoms with van der Waals surface area (Å²) in [6, 6.07) is 10.4. The SMILES string of the molecule is CC(=O)Nc1ccc(S(=O)(=O)Nc2ccc3c(c2)OCC(=O)N3)cc1. The highest BCUT2D eigenvalue weighted by molar-refractivity contribution is 7.92. The predicted octanol–water partition coefficient (Wildman–Crippen LogP) is 1.78. The van der Waals surface area contributed by atoms with Crippen molar-refractivity contribution in [3.63, 3.8) is 0 Å². The summed E-state index contributed by atoms with van der Waals surface area (Å²) in [5, 5.41) is 5.19. The molecule has 2 aromatic rings. The second-order valence-electron chi connectivity index (χ2n) is 5.36. The van der Waals surface area contributed by atoms with Gasteiger partial charge in [0.05, 0.1) is 16.3 Å². The zero-order valence-corrected chi connectivity index (χ0v) is 14.0. The largest absolute Gasteiger partial charge is 0.482 e. The van der Waals surface area contributed by atoms with Crippen LogP contribution in [0.25, 0.3) is 0 Å². The molecule has 1 heterocycles. The molecule has 2 amide bonds. The van der Waals surface area contributed by atoms with Gasteiger partial charge in [0.1, 0.15) is 5.75 Å². The number of hydrogen-bond acceptors (Lipinski definition) is 5. The molecule has 8 nitrogen and oxygen atoms in total. The van der Waals surface area contributed by atoms with E-state index in [0.29, 0.717) is 22.8 Å². The number of benzene rings is 2. The van der Waals surface area contributed by atoms with E-state index in [0.717, 1.165) is 0 Å². The number of nitrogens with one attached hydrogen (secondary N) is 3. The molecule has 0 aromatic heterocycles. The van der Waals surface area contributed by atoms with Crippen molar-refractivity contribution < 1.29 is 22.7 Å². The third kappa shape index (κ3) is 3.89. The molecule has 25 heavy (non-hydrogen) atoms. The fourth-order valence-corrected chi connectivity index (χ4v) is 3.32. The summed E-state index contributed by atoms with van der Waals surface area (Å²) < 4.78 is 32.6. The van der Waals surface area contributed by atoms with Gasteiger partial charge < -0.3 is 15.4 Å². The molecule has 3 N–H and O–H groups in total. The maximum atomic E-state index is 12.4. The van der Waals surface area contributed by atoms with E-state index in [-0.39, 0.29) is 23.3 Å². The third-order valence-electron chi connectivity index (χ3n) is 3.35. The van der Waals surface area contributed by atoms with Crippen molar-refractivity contribution in [2.75, 3.05) is 22.0 Å². The fraction of sp³-hybridized carbons (Fsp3) is 0.125. The molecule has 130 valence electrons. The number of sulfonamides is 1. The van der Waals surface area contributed by atoms with E-state index in [2.05, 4.69) is 15.4 Å². The highest BCUT2D eigenvalue weighted by Crippen LogP contribution is 2.31. The Morgan fingerprint density at radius 3 is 2.48 bits per heavy atom. The van der Waals surface area contributed by atoms with Gasteiger partial charge in [-0.3, -0.25) is 14.3 Å². The number of carbonyl (C=O) groups is 2. The molecule has 0 atom stereocenters. The van der Waals surface area contributed by atoms with E-state index in [1.54, 1.807) is 6.07 Å². The molecule has 1 aliphatic rings. The Labute approximate surface area is 144 Å². The lowest BCUT2D eigenvalue weighted by Gasteiger charge is -2.19. The number of carbonyl (C=O) groups excluding carboxylic acids is 2. The lowest BCUT2D eigenvalue weighted by Crippen LogP contribution is -2.25. The van der Waals surface area contributed by atoms with Crippen LogP contribution in [0.2, 0.25) is 0 Å². The number of rotatable bonds is 4. The van der Waals surface area contributed by atoms with Crippen LogP contribution in [0.1, 0.15) is 6.92 Å². The van der Waals surface area contributed by atoms with Crippen molar-refractivity contribution in [2.24, 2.45) is 0 Å². The minimum Gasteiger partial charge on any atom is -0.482 e. The van der Waals surface area contributed by atoms with Gasteiger partial charge in [-0.05, 0) is 36.4 Å². The van der Waals surface area contributed by atoms with Gasteiger partial charge >= 0.3 is 0 Å². The predicted molar refractivity (Wildman–Crippen MR) is 92.1 cm³/mol. The van der Waals surface area contributed by atoms with Crippen LogP contribution < -0.4 is 20.1 Å². The summed E-state index contributed by atoms with van der Waals surface area (Å²) in [6.45, 7) is 1.25. The van der Waals surface area contributed by atoms with E-state index in [1.165, 1.54) is 43.3 Å². The Bertz CT molecular complexity index is 939. The van der Waals surface area contributed by atoms with Gasteiger partial charge in [-0.1, -0.05) is 0 Å². The van der Waals surface area contributed by atoms with Crippen molar-refractivity contribution in [1.29, 1.82) is 0 Å². The average Bonchev–Trinajstić information content (AvgIpc) is 2.54. The maximum Gasteiger partial charge on any atom is 0.262 e. The first kappa shape index (κ1) is 16.8. The zero-order valence-electron chi connectivity index (χ0n) is 13.2. The first-order valence-corrected chi connectivity index (χ1v) is 8.79. The van der Waals surface area contributed by atoms with Gasteiger partial charge in [-0.2, -0.15) is 0 Å². The van der Waals surface area contributed by atoms with Crippen molar-refractivity contribution in [3.05, 3.63) is 42.5 Å². The van der Waals surface area contributed by atoms with Gasteiger partial charge in [0, 0.05) is 18.7 Å². The zero-order chi connectivity index (χ0) is 18.0. The van der Waals surface area contributed by atoms with Crippen molar-refractivity contribution in [3.8, 4) is 5.75 Å². The maximum absolute atomic E-state index is 12.4. The van der Waals surface area contributed by atoms with Crippen LogP contribution in [0.4, 0.5) is 17.1 Å². The van der Waals surface area contributed by atoms with Crippen molar-refractivity contribution >= 4 is 38.9 Å². The minimum atomic E-state index is -3.80. The molecular weight excluding hydrogens is 346 g/mol. The molecule has 0 fully saturated rings. The first-order valence-electron chi connectivity index (χ1n) is 7.31. The third-order valence-corrected chi connectivity index (χ3v) is 4.75. The normalized spacial score (nSPS) is 13.2. The van der Waals surface area contributed by atoms with E-state index in [4.69, 9.17) is 4.74 Å². The lowest BCUT2D eigenvalue weighted by molar-refractivity contribution is -0.118. The van der Waals surface area contributed by atoms with Crippen LogP contribution in [0.5, 0.6) is 5.75 Å². The summed E-state index contributed by atoms with van der Waals surface area (Å²) in [4.78, 5) is 22.3. The second kappa shape index (κ2) is 6.44. The summed E-state index contributed by atoms with van der Waals surface area (Å²) in [5.41, 5.74) is 1.30. The highest BCUT2D eigenvalue weighted by atomic mass is 32.2. The Hall–Kier alpha value is -3.07. The molecule has 2 aromatic carbocycles. The summed E-state index contributed by atoms with van der Waals surface area (Å²) in [5.74, 6) is -0.115. The van der Waals surface area contributed by atoms with Gasteiger partial charge in [0.25, 0.3) is 15.9 Å². The second-order valence-corrected chi connectivity index (χ2v) is 7.04. The molecule has 9 heteroatoms. The highest BCUT2D eigenvalue weighted by Gasteiger charge is 2.19. The van der Waals surface area contributed by atoms with Gasteiger partial charge in [0.2, 0.25) is 5.91 Å². The van der Waals surface area contributed by atoms with Crippen LogP contribution in [-0.4, -0.2) is 26.8 Å². The number of anilines is 3. The summed E-state index contributed by atoms with van der Waals surface area (Å²) >= 11 is 0. The van der Waals surface area contributed by atoms with Crippen LogP contribution in [-0.2, 0) is 19.6 Å². The summed E-state index contributed by atoms with van der Waals surface area (Å²) in [6.07, 6.45) is 0. The minimum absolute atomic E-state index is 0.0496. The smallest absolute Gasteiger partial charge is 0.262 e. The average molecular weight is 361 g/mol. The topological polar surface area (TPSA) is 114 Å². The standard InChI is InChI=1S/C16H15N3O5S/c1-10(20)17-11-2-5-13(6-3-11)25(22,23)19-12-4-7-14-15(8-12)24-9-16(21)18-14/h2-8,19H,9H2,1H3,(H,17,20)(H,18,21). The molecular formula is C16H15N3O5S.